The van der Waals surface area contributed by atoms with E-state index in [1.165, 1.54) is 276 Å². The molecule has 0 bridgehead atoms. The number of primary amides is 2. The lowest BCUT2D eigenvalue weighted by Gasteiger charge is -2.05. The molecule has 0 radical (unpaired) electrons. The highest BCUT2D eigenvalue weighted by molar-refractivity contribution is 5.73. The summed E-state index contributed by atoms with van der Waals surface area (Å²) in [5.41, 5.74) is 10.4. The minimum atomic E-state index is -0.149. The fourth-order valence-electron chi connectivity index (χ4n) is 8.20. The topological polar surface area (TPSA) is 86.2 Å². The molecule has 0 saturated carbocycles. The third kappa shape index (κ3) is 50.9. The third-order valence-electron chi connectivity index (χ3n) is 11.8. The van der Waals surface area contributed by atoms with Crippen LogP contribution in [0.2, 0.25) is 0 Å². The fourth-order valence-corrected chi connectivity index (χ4v) is 8.20. The van der Waals surface area contributed by atoms with Gasteiger partial charge in [-0.05, 0) is 12.8 Å². The van der Waals surface area contributed by atoms with Gasteiger partial charge in [-0.15, -0.1) is 0 Å². The van der Waals surface area contributed by atoms with Gasteiger partial charge in [-0.2, -0.15) is 0 Å². The first kappa shape index (κ1) is 51.9. The van der Waals surface area contributed by atoms with E-state index in [0.717, 1.165) is 12.8 Å². The average Bonchev–Trinajstić information content (AvgIpc) is 3.14. The Morgan fingerprint density at radius 1 is 0.170 bits per heavy atom. The molecule has 4 N–H and O–H groups in total. The van der Waals surface area contributed by atoms with E-state index in [0.29, 0.717) is 12.8 Å². The average molecular weight is 747 g/mol. The lowest BCUT2D eigenvalue weighted by molar-refractivity contribution is -0.119. The molecule has 0 saturated heterocycles. The standard InChI is InChI=1S/C49H98N2O2/c50-48(52)46-44-42-40-38-36-34-32-30-28-26-24-22-20-18-16-14-12-10-8-6-4-2-1-3-5-7-9-11-13-15-17-19-21-23-25-27-29-31-33-35-37-39-41-43-45-47-49(51)53/h1-47H2,(H2,50,52)(H2,51,53). The predicted octanol–water partition coefficient (Wildman–Crippen LogP) is 16.3. The van der Waals surface area contributed by atoms with Gasteiger partial charge in [0.05, 0.1) is 0 Å². The molecule has 0 heterocycles. The molecular formula is C49H98N2O2. The van der Waals surface area contributed by atoms with Crippen molar-refractivity contribution >= 4 is 11.8 Å². The number of unbranched alkanes of at least 4 members (excludes halogenated alkanes) is 44. The lowest BCUT2D eigenvalue weighted by Crippen LogP contribution is -2.09. The number of nitrogens with two attached hydrogens (primary N) is 2. The van der Waals surface area contributed by atoms with Gasteiger partial charge in [0.15, 0.2) is 0 Å². The number of amides is 2. The van der Waals surface area contributed by atoms with Gasteiger partial charge in [0.1, 0.15) is 0 Å². The van der Waals surface area contributed by atoms with Crippen molar-refractivity contribution < 1.29 is 9.59 Å². The second-order valence-corrected chi connectivity index (χ2v) is 17.3. The zero-order valence-corrected chi connectivity index (χ0v) is 36.2. The summed E-state index contributed by atoms with van der Waals surface area (Å²) in [6.07, 6.45) is 64.3. The van der Waals surface area contributed by atoms with Crippen LogP contribution >= 0.6 is 0 Å². The molecule has 0 atom stereocenters. The van der Waals surface area contributed by atoms with Gasteiger partial charge in [-0.25, -0.2) is 0 Å². The van der Waals surface area contributed by atoms with Crippen LogP contribution in [0, 0.1) is 0 Å². The second kappa shape index (κ2) is 47.1. The molecule has 53 heavy (non-hydrogen) atoms. The van der Waals surface area contributed by atoms with Crippen molar-refractivity contribution in [2.45, 2.75) is 302 Å². The summed E-state index contributed by atoms with van der Waals surface area (Å²) in [6, 6.07) is 0. The molecule has 0 aliphatic heterocycles. The van der Waals surface area contributed by atoms with E-state index in [4.69, 9.17) is 11.5 Å². The third-order valence-corrected chi connectivity index (χ3v) is 11.8. The van der Waals surface area contributed by atoms with Crippen LogP contribution in [0.4, 0.5) is 0 Å². The maximum absolute atomic E-state index is 10.7. The van der Waals surface area contributed by atoms with E-state index >= 15 is 0 Å². The molecule has 0 aliphatic rings. The fraction of sp³-hybridized carbons (Fsp3) is 0.959. The van der Waals surface area contributed by atoms with Gasteiger partial charge in [0.2, 0.25) is 11.8 Å². The highest BCUT2D eigenvalue weighted by Gasteiger charge is 2.00. The molecule has 0 spiro atoms. The van der Waals surface area contributed by atoms with E-state index in [2.05, 4.69) is 0 Å². The molecule has 0 unspecified atom stereocenters. The molecule has 316 valence electrons. The SMILES string of the molecule is NC(=O)CCCCCCCCCCCCCCCCCCCCCCCCCCCCCCCCCCCCCCCCCCCCCCCC(N)=O. The number of carbonyl (C=O) groups excluding carboxylic acids is 2. The largest absolute Gasteiger partial charge is 0.370 e. The minimum Gasteiger partial charge on any atom is -0.370 e. The summed E-state index contributed by atoms with van der Waals surface area (Å²) in [7, 11) is 0. The molecule has 0 fully saturated rings. The smallest absolute Gasteiger partial charge is 0.217 e. The summed E-state index contributed by atoms with van der Waals surface area (Å²) >= 11 is 0. The van der Waals surface area contributed by atoms with Crippen LogP contribution in [0.3, 0.4) is 0 Å². The van der Waals surface area contributed by atoms with Crippen molar-refractivity contribution in [2.24, 2.45) is 11.5 Å². The van der Waals surface area contributed by atoms with Crippen LogP contribution in [-0.4, -0.2) is 11.8 Å². The molecule has 0 aliphatic carbocycles. The van der Waals surface area contributed by atoms with E-state index in [-0.39, 0.29) is 11.8 Å². The summed E-state index contributed by atoms with van der Waals surface area (Å²) < 4.78 is 0. The molecule has 0 aromatic carbocycles. The molecular weight excluding hydrogens is 649 g/mol. The number of carbonyl (C=O) groups is 2. The highest BCUT2D eigenvalue weighted by atomic mass is 16.1. The summed E-state index contributed by atoms with van der Waals surface area (Å²) in [5.74, 6) is -0.298. The second-order valence-electron chi connectivity index (χ2n) is 17.3. The van der Waals surface area contributed by atoms with Gasteiger partial charge in [-0.1, -0.05) is 276 Å². The van der Waals surface area contributed by atoms with E-state index in [1.807, 2.05) is 0 Å². The Kier molecular flexibility index (Phi) is 46.2. The molecule has 0 rings (SSSR count). The first-order valence-corrected chi connectivity index (χ1v) is 24.7. The quantitative estimate of drug-likeness (QED) is 0.0607. The summed E-state index contributed by atoms with van der Waals surface area (Å²) in [4.78, 5) is 21.5. The Morgan fingerprint density at radius 2 is 0.245 bits per heavy atom. The van der Waals surface area contributed by atoms with Crippen LogP contribution in [0.15, 0.2) is 0 Å². The van der Waals surface area contributed by atoms with Gasteiger partial charge < -0.3 is 11.5 Å². The van der Waals surface area contributed by atoms with Crippen LogP contribution in [0.25, 0.3) is 0 Å². The predicted molar refractivity (Wildman–Crippen MR) is 235 cm³/mol. The van der Waals surface area contributed by atoms with Gasteiger partial charge in [-0.3, -0.25) is 9.59 Å². The van der Waals surface area contributed by atoms with E-state index in [1.54, 1.807) is 0 Å². The maximum Gasteiger partial charge on any atom is 0.217 e. The molecule has 0 aromatic heterocycles. The van der Waals surface area contributed by atoms with E-state index in [9.17, 15) is 9.59 Å². The molecule has 4 heteroatoms. The van der Waals surface area contributed by atoms with Crippen molar-refractivity contribution in [1.29, 1.82) is 0 Å². The Labute approximate surface area is 333 Å². The summed E-state index contributed by atoms with van der Waals surface area (Å²) in [5, 5.41) is 0. The van der Waals surface area contributed by atoms with Crippen LogP contribution in [0.1, 0.15) is 302 Å². The highest BCUT2D eigenvalue weighted by Crippen LogP contribution is 2.18. The van der Waals surface area contributed by atoms with Crippen molar-refractivity contribution in [2.75, 3.05) is 0 Å². The molecule has 2 amide bonds. The van der Waals surface area contributed by atoms with Gasteiger partial charge >= 0.3 is 0 Å². The monoisotopic (exact) mass is 747 g/mol. The number of rotatable bonds is 48. The summed E-state index contributed by atoms with van der Waals surface area (Å²) in [6.45, 7) is 0. The zero-order chi connectivity index (χ0) is 38.4. The van der Waals surface area contributed by atoms with Crippen LogP contribution < -0.4 is 11.5 Å². The molecule has 0 aromatic rings. The van der Waals surface area contributed by atoms with Crippen LogP contribution in [0.5, 0.6) is 0 Å². The molecule has 4 nitrogen and oxygen atoms in total. The Morgan fingerprint density at radius 3 is 0.321 bits per heavy atom. The minimum absolute atomic E-state index is 0.149. The van der Waals surface area contributed by atoms with E-state index < -0.39 is 0 Å². The van der Waals surface area contributed by atoms with Gasteiger partial charge in [0.25, 0.3) is 0 Å². The Balaban J connectivity index is 3.06. The Hall–Kier alpha value is -1.06. The van der Waals surface area contributed by atoms with Crippen molar-refractivity contribution in [3.63, 3.8) is 0 Å². The normalized spacial score (nSPS) is 11.5. The first-order valence-electron chi connectivity index (χ1n) is 24.7. The zero-order valence-electron chi connectivity index (χ0n) is 36.2. The van der Waals surface area contributed by atoms with Crippen molar-refractivity contribution in [1.82, 2.24) is 0 Å². The van der Waals surface area contributed by atoms with Gasteiger partial charge in [0, 0.05) is 12.8 Å². The first-order chi connectivity index (χ1) is 26.1. The lowest BCUT2D eigenvalue weighted by atomic mass is 10.0. The van der Waals surface area contributed by atoms with Crippen LogP contribution in [-0.2, 0) is 9.59 Å². The number of hydrogen-bond acceptors (Lipinski definition) is 2. The van der Waals surface area contributed by atoms with Crippen molar-refractivity contribution in [3.05, 3.63) is 0 Å². The maximum atomic E-state index is 10.7. The van der Waals surface area contributed by atoms with Crippen molar-refractivity contribution in [3.8, 4) is 0 Å². The Bertz CT molecular complexity index is 653. The number of hydrogen-bond donors (Lipinski definition) is 2.